The van der Waals surface area contributed by atoms with E-state index in [-0.39, 0.29) is 5.56 Å². The first-order valence-corrected chi connectivity index (χ1v) is 9.42. The molecule has 1 atom stereocenters. The van der Waals surface area contributed by atoms with Crippen LogP contribution in [0, 0.1) is 0 Å². The van der Waals surface area contributed by atoms with Gasteiger partial charge in [0.2, 0.25) is 0 Å². The molecule has 4 heteroatoms. The van der Waals surface area contributed by atoms with Crippen LogP contribution in [0.3, 0.4) is 0 Å². The quantitative estimate of drug-likeness (QED) is 0.904. The number of hydrogen-bond acceptors (Lipinski definition) is 3. The van der Waals surface area contributed by atoms with Crippen molar-refractivity contribution in [3.8, 4) is 0 Å². The number of aromatic nitrogens is 1. The van der Waals surface area contributed by atoms with Gasteiger partial charge in [0.25, 0.3) is 5.56 Å². The highest BCUT2D eigenvalue weighted by atomic mass is 16.1. The van der Waals surface area contributed by atoms with Crippen molar-refractivity contribution in [2.24, 2.45) is 0 Å². The van der Waals surface area contributed by atoms with Gasteiger partial charge < -0.3 is 10.3 Å². The van der Waals surface area contributed by atoms with Gasteiger partial charge in [0.15, 0.2) is 0 Å². The van der Waals surface area contributed by atoms with Crippen molar-refractivity contribution in [1.29, 1.82) is 0 Å². The second kappa shape index (κ2) is 6.98. The second-order valence-electron chi connectivity index (χ2n) is 7.38. The SMILES string of the molecule is O=c1[nH]ccc2cc(N[C@@H]3CCCN(C4CCCCC4)C3)ccc12. The van der Waals surface area contributed by atoms with Gasteiger partial charge in [0.1, 0.15) is 0 Å². The minimum absolute atomic E-state index is 0.0137. The van der Waals surface area contributed by atoms with Gasteiger partial charge in [-0.15, -0.1) is 0 Å². The molecule has 4 nitrogen and oxygen atoms in total. The number of hydrogen-bond donors (Lipinski definition) is 2. The zero-order chi connectivity index (χ0) is 16.4. The molecule has 0 spiro atoms. The predicted octanol–water partition coefficient (Wildman–Crippen LogP) is 3.74. The van der Waals surface area contributed by atoms with E-state index >= 15 is 0 Å². The summed E-state index contributed by atoms with van der Waals surface area (Å²) >= 11 is 0. The topological polar surface area (TPSA) is 48.1 Å². The number of rotatable bonds is 3. The fourth-order valence-corrected chi connectivity index (χ4v) is 4.42. The van der Waals surface area contributed by atoms with Crippen molar-refractivity contribution in [3.05, 3.63) is 40.8 Å². The van der Waals surface area contributed by atoms with Crippen LogP contribution in [0.25, 0.3) is 10.8 Å². The summed E-state index contributed by atoms with van der Waals surface area (Å²) in [6, 6.07) is 9.36. The normalized spacial score (nSPS) is 23.4. The van der Waals surface area contributed by atoms with E-state index in [0.29, 0.717) is 6.04 Å². The number of piperidine rings is 1. The Bertz CT molecular complexity index is 748. The molecule has 1 aromatic heterocycles. The summed E-state index contributed by atoms with van der Waals surface area (Å²) in [5, 5.41) is 5.47. The van der Waals surface area contributed by atoms with E-state index in [0.717, 1.165) is 29.0 Å². The van der Waals surface area contributed by atoms with Crippen LogP contribution in [-0.2, 0) is 0 Å². The third-order valence-corrected chi connectivity index (χ3v) is 5.69. The highest BCUT2D eigenvalue weighted by Gasteiger charge is 2.26. The van der Waals surface area contributed by atoms with E-state index in [1.807, 2.05) is 18.2 Å². The molecule has 1 saturated heterocycles. The molecule has 0 bridgehead atoms. The number of nitrogens with one attached hydrogen (secondary N) is 2. The highest BCUT2D eigenvalue weighted by molar-refractivity contribution is 5.84. The van der Waals surface area contributed by atoms with Gasteiger partial charge in [0.05, 0.1) is 0 Å². The Morgan fingerprint density at radius 3 is 2.79 bits per heavy atom. The number of benzene rings is 1. The summed E-state index contributed by atoms with van der Waals surface area (Å²) in [5.74, 6) is 0. The molecule has 24 heavy (non-hydrogen) atoms. The zero-order valence-corrected chi connectivity index (χ0v) is 14.3. The Balaban J connectivity index is 1.45. The second-order valence-corrected chi connectivity index (χ2v) is 7.38. The summed E-state index contributed by atoms with van der Waals surface area (Å²) < 4.78 is 0. The first-order chi connectivity index (χ1) is 11.8. The van der Waals surface area contributed by atoms with Crippen molar-refractivity contribution in [2.75, 3.05) is 18.4 Å². The lowest BCUT2D eigenvalue weighted by atomic mass is 9.92. The van der Waals surface area contributed by atoms with Crippen molar-refractivity contribution in [2.45, 2.75) is 57.0 Å². The van der Waals surface area contributed by atoms with Gasteiger partial charge in [-0.25, -0.2) is 0 Å². The summed E-state index contributed by atoms with van der Waals surface area (Å²) in [7, 11) is 0. The monoisotopic (exact) mass is 325 g/mol. The average molecular weight is 325 g/mol. The van der Waals surface area contributed by atoms with E-state index in [9.17, 15) is 4.79 Å². The molecule has 2 aromatic rings. The number of anilines is 1. The maximum atomic E-state index is 11.8. The maximum absolute atomic E-state index is 11.8. The maximum Gasteiger partial charge on any atom is 0.255 e. The first kappa shape index (κ1) is 15.7. The van der Waals surface area contributed by atoms with Crippen molar-refractivity contribution >= 4 is 16.5 Å². The van der Waals surface area contributed by atoms with E-state index in [1.165, 1.54) is 51.5 Å². The number of nitrogens with zero attached hydrogens (tertiary/aromatic N) is 1. The van der Waals surface area contributed by atoms with Gasteiger partial charge in [-0.1, -0.05) is 19.3 Å². The molecule has 0 radical (unpaired) electrons. The Kier molecular flexibility index (Phi) is 4.56. The number of H-pyrrole nitrogens is 1. The first-order valence-electron chi connectivity index (χ1n) is 9.42. The van der Waals surface area contributed by atoms with Gasteiger partial charge in [0, 0.05) is 35.9 Å². The molecular weight excluding hydrogens is 298 g/mol. The minimum Gasteiger partial charge on any atom is -0.381 e. The van der Waals surface area contributed by atoms with Crippen molar-refractivity contribution in [3.63, 3.8) is 0 Å². The van der Waals surface area contributed by atoms with E-state index in [1.54, 1.807) is 6.20 Å². The molecule has 2 heterocycles. The fraction of sp³-hybridized carbons (Fsp3) is 0.550. The Labute approximate surface area is 143 Å². The van der Waals surface area contributed by atoms with E-state index < -0.39 is 0 Å². The third-order valence-electron chi connectivity index (χ3n) is 5.69. The van der Waals surface area contributed by atoms with Crippen LogP contribution >= 0.6 is 0 Å². The summed E-state index contributed by atoms with van der Waals surface area (Å²) in [5.41, 5.74) is 1.11. The van der Waals surface area contributed by atoms with Gasteiger partial charge in [-0.2, -0.15) is 0 Å². The van der Waals surface area contributed by atoms with Crippen LogP contribution in [0.5, 0.6) is 0 Å². The van der Waals surface area contributed by atoms with Crippen LogP contribution in [-0.4, -0.2) is 35.1 Å². The average Bonchev–Trinajstić information content (AvgIpc) is 2.63. The summed E-state index contributed by atoms with van der Waals surface area (Å²) in [6.07, 6.45) is 11.2. The summed E-state index contributed by atoms with van der Waals surface area (Å²) in [4.78, 5) is 17.3. The molecule has 128 valence electrons. The smallest absolute Gasteiger partial charge is 0.255 e. The predicted molar refractivity (Wildman–Crippen MR) is 99.7 cm³/mol. The van der Waals surface area contributed by atoms with Crippen molar-refractivity contribution in [1.82, 2.24) is 9.88 Å². The number of pyridine rings is 1. The van der Waals surface area contributed by atoms with Crippen LogP contribution in [0.15, 0.2) is 35.3 Å². The van der Waals surface area contributed by atoms with E-state index in [4.69, 9.17) is 0 Å². The molecule has 2 fully saturated rings. The third kappa shape index (κ3) is 3.34. The Morgan fingerprint density at radius 1 is 1.04 bits per heavy atom. The van der Waals surface area contributed by atoms with Crippen LogP contribution in [0.4, 0.5) is 5.69 Å². The van der Waals surface area contributed by atoms with Gasteiger partial charge in [-0.05, 0) is 61.9 Å². The molecule has 1 aliphatic carbocycles. The van der Waals surface area contributed by atoms with Gasteiger partial charge >= 0.3 is 0 Å². The molecule has 2 aliphatic rings. The highest BCUT2D eigenvalue weighted by Crippen LogP contribution is 2.26. The lowest BCUT2D eigenvalue weighted by Crippen LogP contribution is -2.47. The lowest BCUT2D eigenvalue weighted by Gasteiger charge is -2.40. The fourth-order valence-electron chi connectivity index (χ4n) is 4.42. The molecule has 1 saturated carbocycles. The molecule has 1 aromatic carbocycles. The lowest BCUT2D eigenvalue weighted by molar-refractivity contribution is 0.124. The number of likely N-dealkylation sites (tertiary alicyclic amines) is 1. The standard InChI is InChI=1S/C20H27N3O/c24-20-19-9-8-16(13-15(19)10-11-21-20)22-17-5-4-12-23(14-17)18-6-2-1-3-7-18/h8-11,13,17-18,22H,1-7,12,14H2,(H,21,24)/t17-/m1/s1. The zero-order valence-electron chi connectivity index (χ0n) is 14.3. The van der Waals surface area contributed by atoms with Crippen LogP contribution in [0.1, 0.15) is 44.9 Å². The Hall–Kier alpha value is -1.81. The number of fused-ring (bicyclic) bond motifs is 1. The molecule has 2 N–H and O–H groups in total. The largest absolute Gasteiger partial charge is 0.381 e. The molecule has 0 amide bonds. The van der Waals surface area contributed by atoms with E-state index in [2.05, 4.69) is 21.3 Å². The summed E-state index contributed by atoms with van der Waals surface area (Å²) in [6.45, 7) is 2.41. The van der Waals surface area contributed by atoms with Crippen LogP contribution < -0.4 is 10.9 Å². The molecule has 4 rings (SSSR count). The molecule has 1 aliphatic heterocycles. The molecular formula is C20H27N3O. The minimum atomic E-state index is -0.0137. The van der Waals surface area contributed by atoms with Crippen molar-refractivity contribution < 1.29 is 0 Å². The number of aromatic amines is 1. The van der Waals surface area contributed by atoms with Crippen LogP contribution in [0.2, 0.25) is 0 Å². The van der Waals surface area contributed by atoms with Gasteiger partial charge in [-0.3, -0.25) is 9.69 Å². The Morgan fingerprint density at radius 2 is 1.92 bits per heavy atom. The molecule has 0 unspecified atom stereocenters.